The Labute approximate surface area is 116 Å². The highest BCUT2D eigenvalue weighted by molar-refractivity contribution is 5.27. The molecular formula is C16H26FNO. The molecule has 0 aliphatic carbocycles. The van der Waals surface area contributed by atoms with Crippen LogP contribution >= 0.6 is 0 Å². The summed E-state index contributed by atoms with van der Waals surface area (Å²) in [6, 6.07) is 5.27. The van der Waals surface area contributed by atoms with Crippen LogP contribution in [-0.2, 0) is 11.2 Å². The molecule has 0 amide bonds. The van der Waals surface area contributed by atoms with Crippen LogP contribution in [0, 0.1) is 12.7 Å². The third-order valence-electron chi connectivity index (χ3n) is 3.40. The Kier molecular flexibility index (Phi) is 7.03. The lowest BCUT2D eigenvalue weighted by Crippen LogP contribution is -2.42. The molecule has 2 unspecified atom stereocenters. The second-order valence-corrected chi connectivity index (χ2v) is 5.00. The summed E-state index contributed by atoms with van der Waals surface area (Å²) >= 11 is 0. The maximum Gasteiger partial charge on any atom is 0.123 e. The summed E-state index contributed by atoms with van der Waals surface area (Å²) in [4.78, 5) is 0. The number of halogens is 1. The topological polar surface area (TPSA) is 21.3 Å². The number of aryl methyl sites for hydroxylation is 1. The zero-order valence-corrected chi connectivity index (χ0v) is 12.5. The van der Waals surface area contributed by atoms with Crippen LogP contribution in [0.2, 0.25) is 0 Å². The van der Waals surface area contributed by atoms with E-state index in [9.17, 15) is 4.39 Å². The van der Waals surface area contributed by atoms with Crippen LogP contribution in [0.4, 0.5) is 4.39 Å². The monoisotopic (exact) mass is 267 g/mol. The fourth-order valence-electron chi connectivity index (χ4n) is 2.24. The van der Waals surface area contributed by atoms with E-state index in [4.69, 9.17) is 4.74 Å². The third-order valence-corrected chi connectivity index (χ3v) is 3.40. The first kappa shape index (κ1) is 16.1. The van der Waals surface area contributed by atoms with Crippen molar-refractivity contribution in [2.45, 2.75) is 52.7 Å². The summed E-state index contributed by atoms with van der Waals surface area (Å²) in [5.41, 5.74) is 2.19. The Hall–Kier alpha value is -0.930. The summed E-state index contributed by atoms with van der Waals surface area (Å²) in [5, 5.41) is 3.53. The van der Waals surface area contributed by atoms with Crippen LogP contribution in [0.3, 0.4) is 0 Å². The summed E-state index contributed by atoms with van der Waals surface area (Å²) in [6.45, 7) is 9.90. The fourth-order valence-corrected chi connectivity index (χ4v) is 2.24. The molecule has 1 rings (SSSR count). The first-order valence-electron chi connectivity index (χ1n) is 7.18. The maximum atomic E-state index is 13.1. The lowest BCUT2D eigenvalue weighted by molar-refractivity contribution is 0.0476. The van der Waals surface area contributed by atoms with Crippen molar-refractivity contribution >= 4 is 0 Å². The minimum atomic E-state index is -0.169. The number of hydrogen-bond acceptors (Lipinski definition) is 2. The highest BCUT2D eigenvalue weighted by Gasteiger charge is 2.18. The maximum absolute atomic E-state index is 13.1. The fraction of sp³-hybridized carbons (Fsp3) is 0.625. The molecule has 0 aliphatic heterocycles. The first-order chi connectivity index (χ1) is 9.08. The Morgan fingerprint density at radius 1 is 1.32 bits per heavy atom. The zero-order valence-electron chi connectivity index (χ0n) is 12.5. The van der Waals surface area contributed by atoms with Crippen molar-refractivity contribution in [1.29, 1.82) is 0 Å². The van der Waals surface area contributed by atoms with Crippen molar-refractivity contribution in [3.63, 3.8) is 0 Å². The Morgan fingerprint density at radius 3 is 2.63 bits per heavy atom. The lowest BCUT2D eigenvalue weighted by atomic mass is 9.98. The number of rotatable bonds is 8. The molecule has 0 spiro atoms. The van der Waals surface area contributed by atoms with E-state index in [-0.39, 0.29) is 18.0 Å². The SMILES string of the molecule is CCCNC(Cc1ccc(F)cc1C)C(C)OCC. The van der Waals surface area contributed by atoms with Gasteiger partial charge in [-0.25, -0.2) is 4.39 Å². The van der Waals surface area contributed by atoms with Gasteiger partial charge in [-0.2, -0.15) is 0 Å². The van der Waals surface area contributed by atoms with Gasteiger partial charge in [0, 0.05) is 12.6 Å². The summed E-state index contributed by atoms with van der Waals surface area (Å²) in [7, 11) is 0. The van der Waals surface area contributed by atoms with Gasteiger partial charge < -0.3 is 10.1 Å². The van der Waals surface area contributed by atoms with Gasteiger partial charge in [0.05, 0.1) is 6.10 Å². The van der Waals surface area contributed by atoms with Crippen LogP contribution in [0.5, 0.6) is 0 Å². The summed E-state index contributed by atoms with van der Waals surface area (Å²) < 4.78 is 18.8. The number of ether oxygens (including phenoxy) is 1. The summed E-state index contributed by atoms with van der Waals surface area (Å²) in [6.07, 6.45) is 2.12. The minimum absolute atomic E-state index is 0.154. The van der Waals surface area contributed by atoms with Gasteiger partial charge >= 0.3 is 0 Å². The first-order valence-corrected chi connectivity index (χ1v) is 7.18. The molecule has 0 aromatic heterocycles. The molecule has 19 heavy (non-hydrogen) atoms. The zero-order chi connectivity index (χ0) is 14.3. The van der Waals surface area contributed by atoms with E-state index in [1.54, 1.807) is 6.07 Å². The van der Waals surface area contributed by atoms with E-state index in [1.165, 1.54) is 11.6 Å². The largest absolute Gasteiger partial charge is 0.377 e. The van der Waals surface area contributed by atoms with E-state index >= 15 is 0 Å². The average Bonchev–Trinajstić information content (AvgIpc) is 2.37. The smallest absolute Gasteiger partial charge is 0.123 e. The van der Waals surface area contributed by atoms with Gasteiger partial charge in [0.25, 0.3) is 0 Å². The van der Waals surface area contributed by atoms with Gasteiger partial charge in [-0.05, 0) is 63.4 Å². The Balaban J connectivity index is 2.74. The molecule has 0 fully saturated rings. The van der Waals surface area contributed by atoms with E-state index in [0.29, 0.717) is 6.61 Å². The van der Waals surface area contributed by atoms with Crippen molar-refractivity contribution < 1.29 is 9.13 Å². The van der Waals surface area contributed by atoms with Crippen LogP contribution in [0.25, 0.3) is 0 Å². The second kappa shape index (κ2) is 8.28. The molecule has 0 bridgehead atoms. The van der Waals surface area contributed by atoms with Crippen molar-refractivity contribution in [3.05, 3.63) is 35.1 Å². The van der Waals surface area contributed by atoms with Gasteiger partial charge in [-0.3, -0.25) is 0 Å². The summed E-state index contributed by atoms with van der Waals surface area (Å²) in [5.74, 6) is -0.169. The van der Waals surface area contributed by atoms with Crippen LogP contribution in [0.1, 0.15) is 38.3 Å². The highest BCUT2D eigenvalue weighted by Crippen LogP contribution is 2.14. The molecule has 0 saturated carbocycles. The predicted octanol–water partition coefficient (Wildman–Crippen LogP) is 3.47. The molecule has 1 N–H and O–H groups in total. The minimum Gasteiger partial charge on any atom is -0.377 e. The predicted molar refractivity (Wildman–Crippen MR) is 78.0 cm³/mol. The van der Waals surface area contributed by atoms with Crippen molar-refractivity contribution in [3.8, 4) is 0 Å². The molecule has 0 heterocycles. The van der Waals surface area contributed by atoms with E-state index in [1.807, 2.05) is 19.9 Å². The number of nitrogens with one attached hydrogen (secondary N) is 1. The van der Waals surface area contributed by atoms with Crippen LogP contribution < -0.4 is 5.32 Å². The number of hydrogen-bond donors (Lipinski definition) is 1. The van der Waals surface area contributed by atoms with Gasteiger partial charge in [0.1, 0.15) is 5.82 Å². The van der Waals surface area contributed by atoms with Crippen LogP contribution in [0.15, 0.2) is 18.2 Å². The Morgan fingerprint density at radius 2 is 2.05 bits per heavy atom. The van der Waals surface area contributed by atoms with Gasteiger partial charge in [0.15, 0.2) is 0 Å². The van der Waals surface area contributed by atoms with Crippen molar-refractivity contribution in [2.75, 3.05) is 13.2 Å². The second-order valence-electron chi connectivity index (χ2n) is 5.00. The third kappa shape index (κ3) is 5.29. The van der Waals surface area contributed by atoms with Gasteiger partial charge in [0.2, 0.25) is 0 Å². The number of benzene rings is 1. The molecule has 1 aromatic carbocycles. The van der Waals surface area contributed by atoms with E-state index < -0.39 is 0 Å². The molecule has 3 heteroatoms. The van der Waals surface area contributed by atoms with E-state index in [2.05, 4.69) is 19.2 Å². The standard InChI is InChI=1S/C16H26FNO/c1-5-9-18-16(13(4)19-6-2)11-14-7-8-15(17)10-12(14)3/h7-8,10,13,16,18H,5-6,9,11H2,1-4H3. The average molecular weight is 267 g/mol. The molecular weight excluding hydrogens is 241 g/mol. The highest BCUT2D eigenvalue weighted by atomic mass is 19.1. The van der Waals surface area contributed by atoms with Crippen molar-refractivity contribution in [1.82, 2.24) is 5.32 Å². The Bertz CT molecular complexity index is 381. The molecule has 2 atom stereocenters. The molecule has 2 nitrogen and oxygen atoms in total. The molecule has 108 valence electrons. The molecule has 0 radical (unpaired) electrons. The molecule has 0 saturated heterocycles. The van der Waals surface area contributed by atoms with Gasteiger partial charge in [-0.1, -0.05) is 13.0 Å². The normalized spacial score (nSPS) is 14.4. The van der Waals surface area contributed by atoms with Crippen LogP contribution in [-0.4, -0.2) is 25.3 Å². The van der Waals surface area contributed by atoms with E-state index in [0.717, 1.165) is 24.9 Å². The van der Waals surface area contributed by atoms with Crippen molar-refractivity contribution in [2.24, 2.45) is 0 Å². The molecule has 0 aliphatic rings. The van der Waals surface area contributed by atoms with Gasteiger partial charge in [-0.15, -0.1) is 0 Å². The lowest BCUT2D eigenvalue weighted by Gasteiger charge is -2.26. The molecule has 1 aromatic rings. The quantitative estimate of drug-likeness (QED) is 0.778.